The van der Waals surface area contributed by atoms with Crippen molar-refractivity contribution in [2.75, 3.05) is 19.0 Å². The molecule has 0 aliphatic carbocycles. The number of amides is 1. The van der Waals surface area contributed by atoms with Crippen LogP contribution < -0.4 is 10.2 Å². The molecule has 2 aromatic rings. The molecule has 1 aromatic carbocycles. The van der Waals surface area contributed by atoms with Gasteiger partial charge in [0.2, 0.25) is 5.91 Å². The first-order valence-corrected chi connectivity index (χ1v) is 8.52. The topological polar surface area (TPSA) is 50.2 Å². The smallest absolute Gasteiger partial charge is 0.223 e. The monoisotopic (exact) mass is 328 g/mol. The lowest BCUT2D eigenvalue weighted by molar-refractivity contribution is -0.125. The first kappa shape index (κ1) is 18.0. The standard InChI is InChI=1S/C19H28N4O/c1-6-14(7-2)19(24)21-17(18-20-12-13-23(18)5)15-8-10-16(11-9-15)22(3)4/h8-14,17H,6-7H2,1-5H3,(H,21,24). The van der Waals surface area contributed by atoms with Gasteiger partial charge < -0.3 is 14.8 Å². The summed E-state index contributed by atoms with van der Waals surface area (Å²) in [6, 6.07) is 8.00. The second kappa shape index (κ2) is 7.99. The zero-order chi connectivity index (χ0) is 17.7. The molecule has 5 heteroatoms. The molecule has 0 saturated heterocycles. The van der Waals surface area contributed by atoms with Crippen molar-refractivity contribution in [2.24, 2.45) is 13.0 Å². The van der Waals surface area contributed by atoms with Crippen molar-refractivity contribution in [1.82, 2.24) is 14.9 Å². The number of hydrogen-bond donors (Lipinski definition) is 1. The maximum Gasteiger partial charge on any atom is 0.223 e. The molecule has 1 aromatic heterocycles. The average Bonchev–Trinajstić information content (AvgIpc) is 2.99. The Morgan fingerprint density at radius 2 is 1.83 bits per heavy atom. The number of aryl methyl sites for hydroxylation is 1. The zero-order valence-corrected chi connectivity index (χ0v) is 15.3. The van der Waals surface area contributed by atoms with Gasteiger partial charge in [0.1, 0.15) is 11.9 Å². The van der Waals surface area contributed by atoms with Crippen LogP contribution in [0.4, 0.5) is 5.69 Å². The van der Waals surface area contributed by atoms with Gasteiger partial charge >= 0.3 is 0 Å². The van der Waals surface area contributed by atoms with Crippen molar-refractivity contribution in [2.45, 2.75) is 32.7 Å². The molecule has 1 N–H and O–H groups in total. The molecule has 0 aliphatic rings. The van der Waals surface area contributed by atoms with Crippen LogP contribution in [0.25, 0.3) is 0 Å². The van der Waals surface area contributed by atoms with Gasteiger partial charge in [-0.2, -0.15) is 0 Å². The van der Waals surface area contributed by atoms with Crippen molar-refractivity contribution in [3.63, 3.8) is 0 Å². The van der Waals surface area contributed by atoms with Gasteiger partial charge in [-0.1, -0.05) is 26.0 Å². The predicted octanol–water partition coefficient (Wildman–Crippen LogP) is 3.13. The van der Waals surface area contributed by atoms with Crippen molar-refractivity contribution in [3.8, 4) is 0 Å². The lowest BCUT2D eigenvalue weighted by Crippen LogP contribution is -2.35. The third-order valence-electron chi connectivity index (χ3n) is 4.50. The van der Waals surface area contributed by atoms with E-state index in [1.54, 1.807) is 6.20 Å². The van der Waals surface area contributed by atoms with E-state index in [1.807, 2.05) is 31.9 Å². The van der Waals surface area contributed by atoms with E-state index in [2.05, 4.69) is 53.3 Å². The molecule has 0 aliphatic heterocycles. The van der Waals surface area contributed by atoms with Crippen LogP contribution in [-0.4, -0.2) is 29.6 Å². The average molecular weight is 328 g/mol. The minimum atomic E-state index is -0.241. The lowest BCUT2D eigenvalue weighted by atomic mass is 10.00. The fourth-order valence-corrected chi connectivity index (χ4v) is 2.84. The Balaban J connectivity index is 2.33. The minimum absolute atomic E-state index is 0.0359. The van der Waals surface area contributed by atoms with Crippen molar-refractivity contribution < 1.29 is 4.79 Å². The Hall–Kier alpha value is -2.30. The largest absolute Gasteiger partial charge is 0.378 e. The molecule has 0 radical (unpaired) electrons. The van der Waals surface area contributed by atoms with Gasteiger partial charge in [-0.25, -0.2) is 4.98 Å². The van der Waals surface area contributed by atoms with E-state index < -0.39 is 0 Å². The highest BCUT2D eigenvalue weighted by molar-refractivity contribution is 5.79. The Bertz CT molecular complexity index is 656. The third kappa shape index (κ3) is 3.96. The fourth-order valence-electron chi connectivity index (χ4n) is 2.84. The quantitative estimate of drug-likeness (QED) is 0.849. The number of anilines is 1. The zero-order valence-electron chi connectivity index (χ0n) is 15.3. The molecular weight excluding hydrogens is 300 g/mol. The number of hydrogen-bond acceptors (Lipinski definition) is 3. The summed E-state index contributed by atoms with van der Waals surface area (Å²) in [6.45, 7) is 4.10. The van der Waals surface area contributed by atoms with Gasteiger partial charge in [0.15, 0.2) is 0 Å². The predicted molar refractivity (Wildman–Crippen MR) is 98.0 cm³/mol. The second-order valence-corrected chi connectivity index (χ2v) is 6.34. The van der Waals surface area contributed by atoms with Gasteiger partial charge in [0.05, 0.1) is 0 Å². The molecule has 1 heterocycles. The fraction of sp³-hybridized carbons (Fsp3) is 0.474. The summed E-state index contributed by atoms with van der Waals surface area (Å²) in [5, 5.41) is 3.19. The van der Waals surface area contributed by atoms with Crippen LogP contribution in [0.5, 0.6) is 0 Å². The van der Waals surface area contributed by atoms with Crippen LogP contribution in [0.15, 0.2) is 36.7 Å². The lowest BCUT2D eigenvalue weighted by Gasteiger charge is -2.23. The Morgan fingerprint density at radius 3 is 2.29 bits per heavy atom. The molecule has 1 amide bonds. The number of rotatable bonds is 7. The summed E-state index contributed by atoms with van der Waals surface area (Å²) < 4.78 is 1.96. The number of nitrogens with zero attached hydrogens (tertiary/aromatic N) is 3. The molecule has 1 atom stereocenters. The molecule has 1 unspecified atom stereocenters. The minimum Gasteiger partial charge on any atom is -0.378 e. The summed E-state index contributed by atoms with van der Waals surface area (Å²) in [7, 11) is 5.98. The number of benzene rings is 1. The van der Waals surface area contributed by atoms with Gasteiger partial charge in [0, 0.05) is 45.1 Å². The number of aromatic nitrogens is 2. The van der Waals surface area contributed by atoms with E-state index in [0.29, 0.717) is 0 Å². The van der Waals surface area contributed by atoms with E-state index in [0.717, 1.165) is 29.9 Å². The van der Waals surface area contributed by atoms with Crippen LogP contribution in [0, 0.1) is 5.92 Å². The normalized spacial score (nSPS) is 12.2. The molecular formula is C19H28N4O. The summed E-state index contributed by atoms with van der Waals surface area (Å²) in [5.41, 5.74) is 2.16. The maximum absolute atomic E-state index is 12.6. The summed E-state index contributed by atoms with van der Waals surface area (Å²) in [5.74, 6) is 0.963. The van der Waals surface area contributed by atoms with Crippen molar-refractivity contribution in [1.29, 1.82) is 0 Å². The summed E-state index contributed by atoms with van der Waals surface area (Å²) in [4.78, 5) is 19.1. The molecule has 0 spiro atoms. The highest BCUT2D eigenvalue weighted by atomic mass is 16.1. The number of carbonyl (C=O) groups is 1. The van der Waals surface area contributed by atoms with E-state index >= 15 is 0 Å². The highest BCUT2D eigenvalue weighted by Gasteiger charge is 2.23. The molecule has 0 fully saturated rings. The van der Waals surface area contributed by atoms with Crippen LogP contribution in [0.3, 0.4) is 0 Å². The van der Waals surface area contributed by atoms with E-state index in [4.69, 9.17) is 0 Å². The molecule has 5 nitrogen and oxygen atoms in total. The highest BCUT2D eigenvalue weighted by Crippen LogP contribution is 2.24. The molecule has 130 valence electrons. The molecule has 0 saturated carbocycles. The molecule has 24 heavy (non-hydrogen) atoms. The van der Waals surface area contributed by atoms with Gasteiger partial charge in [-0.05, 0) is 30.5 Å². The SMILES string of the molecule is CCC(CC)C(=O)NC(c1ccc(N(C)C)cc1)c1nccn1C. The Labute approximate surface area is 144 Å². The number of carbonyl (C=O) groups excluding carboxylic acids is 1. The maximum atomic E-state index is 12.6. The van der Waals surface area contributed by atoms with Crippen molar-refractivity contribution in [3.05, 3.63) is 48.0 Å². The van der Waals surface area contributed by atoms with Crippen LogP contribution >= 0.6 is 0 Å². The van der Waals surface area contributed by atoms with Gasteiger partial charge in [-0.15, -0.1) is 0 Å². The molecule has 2 rings (SSSR count). The Kier molecular flexibility index (Phi) is 6.01. The van der Waals surface area contributed by atoms with Crippen LogP contribution in [0.2, 0.25) is 0 Å². The van der Waals surface area contributed by atoms with Gasteiger partial charge in [0.25, 0.3) is 0 Å². The van der Waals surface area contributed by atoms with E-state index in [9.17, 15) is 4.79 Å². The number of nitrogens with one attached hydrogen (secondary N) is 1. The first-order chi connectivity index (χ1) is 11.5. The second-order valence-electron chi connectivity index (χ2n) is 6.34. The number of imidazole rings is 1. The van der Waals surface area contributed by atoms with E-state index in [1.165, 1.54) is 0 Å². The summed E-state index contributed by atoms with van der Waals surface area (Å²) in [6.07, 6.45) is 5.35. The summed E-state index contributed by atoms with van der Waals surface area (Å²) >= 11 is 0. The first-order valence-electron chi connectivity index (χ1n) is 8.52. The van der Waals surface area contributed by atoms with Crippen LogP contribution in [-0.2, 0) is 11.8 Å². The Morgan fingerprint density at radius 1 is 1.21 bits per heavy atom. The van der Waals surface area contributed by atoms with E-state index in [-0.39, 0.29) is 17.9 Å². The third-order valence-corrected chi connectivity index (χ3v) is 4.50. The van der Waals surface area contributed by atoms with Crippen LogP contribution in [0.1, 0.15) is 44.1 Å². The van der Waals surface area contributed by atoms with Gasteiger partial charge in [-0.3, -0.25) is 4.79 Å². The molecule has 0 bridgehead atoms. The van der Waals surface area contributed by atoms with Crippen molar-refractivity contribution >= 4 is 11.6 Å².